The van der Waals surface area contributed by atoms with Crippen LogP contribution in [0.15, 0.2) is 146 Å². The molecule has 0 unspecified atom stereocenters. The quantitative estimate of drug-likeness (QED) is 0.187. The van der Waals surface area contributed by atoms with Crippen LogP contribution < -0.4 is 4.90 Å². The van der Waals surface area contributed by atoms with E-state index in [0.717, 1.165) is 33.5 Å². The topological polar surface area (TPSA) is 16.1 Å². The highest BCUT2D eigenvalue weighted by molar-refractivity contribution is 6.19. The molecule has 1 heterocycles. The van der Waals surface area contributed by atoms with Crippen molar-refractivity contribution >= 4 is 49.5 Å². The van der Waals surface area contributed by atoms with Gasteiger partial charge in [-0.15, -0.1) is 0 Å². The van der Waals surface area contributed by atoms with Crippen molar-refractivity contribution in [2.24, 2.45) is 0 Å². The van der Waals surface area contributed by atoms with Crippen molar-refractivity contribution in [2.45, 2.75) is 0 Å². The third-order valence-electron chi connectivity index (χ3n) is 7.06. The first-order valence-corrected chi connectivity index (χ1v) is 12.6. The molecule has 0 aliphatic rings. The van der Waals surface area contributed by atoms with Crippen molar-refractivity contribution in [3.05, 3.63) is 146 Å². The molecule has 2 nitrogen and oxygen atoms in total. The molecule has 0 saturated heterocycles. The Morgan fingerprint density at radius 3 is 1.78 bits per heavy atom. The molecule has 0 radical (unpaired) electrons. The van der Waals surface area contributed by atoms with Crippen LogP contribution in [0.3, 0.4) is 0 Å². The van der Waals surface area contributed by atoms with E-state index in [2.05, 4.69) is 138 Å². The summed E-state index contributed by atoms with van der Waals surface area (Å²) in [6, 6.07) is 49.4. The maximum atomic E-state index is 4.83. The first-order chi connectivity index (χ1) is 18.4. The fraction of sp³-hybridized carbons (Fsp3) is 0. The van der Waals surface area contributed by atoms with Crippen molar-refractivity contribution < 1.29 is 0 Å². The fourth-order valence-electron chi connectivity index (χ4n) is 5.37. The molecule has 0 amide bonds. The number of pyridine rings is 1. The minimum Gasteiger partial charge on any atom is -0.311 e. The van der Waals surface area contributed by atoms with Gasteiger partial charge in [0.05, 0.1) is 5.52 Å². The molecule has 0 N–H and O–H groups in total. The number of rotatable bonds is 4. The van der Waals surface area contributed by atoms with E-state index in [-0.39, 0.29) is 0 Å². The number of hydrogen-bond donors (Lipinski definition) is 0. The van der Waals surface area contributed by atoms with Gasteiger partial charge in [-0.25, -0.2) is 0 Å². The lowest BCUT2D eigenvalue weighted by Crippen LogP contribution is -2.09. The third-order valence-corrected chi connectivity index (χ3v) is 7.06. The Bertz CT molecular complexity index is 1820. The molecule has 37 heavy (non-hydrogen) atoms. The van der Waals surface area contributed by atoms with Gasteiger partial charge in [-0.2, -0.15) is 0 Å². The monoisotopic (exact) mass is 472 g/mol. The molecular formula is C35H24N2. The maximum Gasteiger partial charge on any atom is 0.0786 e. The van der Waals surface area contributed by atoms with E-state index >= 15 is 0 Å². The Morgan fingerprint density at radius 1 is 0.432 bits per heavy atom. The minimum absolute atomic E-state index is 1.03. The van der Waals surface area contributed by atoms with Crippen LogP contribution in [-0.2, 0) is 0 Å². The highest BCUT2D eigenvalue weighted by Crippen LogP contribution is 2.40. The maximum absolute atomic E-state index is 4.83. The number of hydrogen-bond acceptors (Lipinski definition) is 2. The second kappa shape index (κ2) is 8.92. The average Bonchev–Trinajstić information content (AvgIpc) is 2.98. The molecule has 0 aliphatic carbocycles. The van der Waals surface area contributed by atoms with E-state index in [9.17, 15) is 0 Å². The van der Waals surface area contributed by atoms with Crippen molar-refractivity contribution in [3.63, 3.8) is 0 Å². The molecule has 0 fully saturated rings. The summed E-state index contributed by atoms with van der Waals surface area (Å²) in [5.74, 6) is 0. The van der Waals surface area contributed by atoms with Crippen LogP contribution in [0.2, 0.25) is 0 Å². The summed E-state index contributed by atoms with van der Waals surface area (Å²) in [6.45, 7) is 0. The molecule has 174 valence electrons. The summed E-state index contributed by atoms with van der Waals surface area (Å²) < 4.78 is 0. The van der Waals surface area contributed by atoms with Crippen LogP contribution in [0.4, 0.5) is 17.1 Å². The van der Waals surface area contributed by atoms with Gasteiger partial charge in [0.1, 0.15) is 0 Å². The molecule has 7 rings (SSSR count). The molecule has 0 spiro atoms. The molecule has 0 aliphatic heterocycles. The number of nitrogens with zero attached hydrogens (tertiary/aromatic N) is 2. The average molecular weight is 473 g/mol. The second-order valence-corrected chi connectivity index (χ2v) is 9.26. The number of aromatic nitrogens is 1. The van der Waals surface area contributed by atoms with Gasteiger partial charge < -0.3 is 4.90 Å². The Hall–Kier alpha value is -4.95. The Balaban J connectivity index is 1.43. The van der Waals surface area contributed by atoms with Gasteiger partial charge >= 0.3 is 0 Å². The standard InChI is InChI=1S/C35H24N2/c1-3-12-28(13-4-1)37(29-14-5-2-6-15-29)30-20-17-26(18-21-30)34-32-22-19-25-10-7-8-16-31(25)33(32)24-27-11-9-23-36-35(27)34/h1-24H. The van der Waals surface area contributed by atoms with Crippen molar-refractivity contribution in [2.75, 3.05) is 4.90 Å². The molecule has 2 heteroatoms. The summed E-state index contributed by atoms with van der Waals surface area (Å²) >= 11 is 0. The lowest BCUT2D eigenvalue weighted by molar-refractivity contribution is 1.28. The van der Waals surface area contributed by atoms with Gasteiger partial charge in [-0.3, -0.25) is 4.98 Å². The van der Waals surface area contributed by atoms with Crippen LogP contribution in [-0.4, -0.2) is 4.98 Å². The van der Waals surface area contributed by atoms with Crippen LogP contribution in [0.1, 0.15) is 0 Å². The van der Waals surface area contributed by atoms with E-state index in [1.807, 2.05) is 12.3 Å². The largest absolute Gasteiger partial charge is 0.311 e. The first kappa shape index (κ1) is 21.3. The van der Waals surface area contributed by atoms with E-state index in [1.165, 1.54) is 27.1 Å². The predicted octanol–water partition coefficient (Wildman–Crippen LogP) is 9.68. The SMILES string of the molecule is c1ccc(N(c2ccccc2)c2ccc(-c3c4ccc5ccccc5c4cc4cccnc34)cc2)cc1. The highest BCUT2D eigenvalue weighted by Gasteiger charge is 2.15. The van der Waals surface area contributed by atoms with Gasteiger partial charge in [0, 0.05) is 34.2 Å². The van der Waals surface area contributed by atoms with Gasteiger partial charge in [-0.1, -0.05) is 91.0 Å². The third kappa shape index (κ3) is 3.71. The normalized spacial score (nSPS) is 11.2. The van der Waals surface area contributed by atoms with Crippen molar-refractivity contribution in [1.29, 1.82) is 0 Å². The zero-order chi connectivity index (χ0) is 24.6. The van der Waals surface area contributed by atoms with E-state index in [4.69, 9.17) is 4.98 Å². The second-order valence-electron chi connectivity index (χ2n) is 9.26. The van der Waals surface area contributed by atoms with Crippen molar-refractivity contribution in [1.82, 2.24) is 4.98 Å². The number of anilines is 3. The number of para-hydroxylation sites is 2. The molecule has 6 aromatic carbocycles. The lowest BCUT2D eigenvalue weighted by atomic mass is 9.92. The molecule has 1 aromatic heterocycles. The van der Waals surface area contributed by atoms with Gasteiger partial charge in [0.2, 0.25) is 0 Å². The van der Waals surface area contributed by atoms with Crippen LogP contribution in [0.25, 0.3) is 43.6 Å². The van der Waals surface area contributed by atoms with Gasteiger partial charge in [0.15, 0.2) is 0 Å². The first-order valence-electron chi connectivity index (χ1n) is 12.6. The molecule has 0 saturated carbocycles. The Kier molecular flexibility index (Phi) is 5.15. The molecule has 0 atom stereocenters. The molecule has 0 bridgehead atoms. The number of benzene rings is 6. The molecule has 7 aromatic rings. The zero-order valence-corrected chi connectivity index (χ0v) is 20.3. The van der Waals surface area contributed by atoms with E-state index in [0.29, 0.717) is 0 Å². The van der Waals surface area contributed by atoms with Crippen molar-refractivity contribution in [3.8, 4) is 11.1 Å². The smallest absolute Gasteiger partial charge is 0.0786 e. The zero-order valence-electron chi connectivity index (χ0n) is 20.3. The van der Waals surface area contributed by atoms with Crippen LogP contribution in [0.5, 0.6) is 0 Å². The summed E-state index contributed by atoms with van der Waals surface area (Å²) in [5.41, 5.74) is 6.74. The summed E-state index contributed by atoms with van der Waals surface area (Å²) in [5, 5.41) is 6.15. The van der Waals surface area contributed by atoms with Gasteiger partial charge in [0.25, 0.3) is 0 Å². The van der Waals surface area contributed by atoms with Gasteiger partial charge in [-0.05, 0) is 75.6 Å². The Morgan fingerprint density at radius 2 is 1.05 bits per heavy atom. The Labute approximate surface area is 216 Å². The summed E-state index contributed by atoms with van der Waals surface area (Å²) in [6.07, 6.45) is 1.89. The van der Waals surface area contributed by atoms with E-state index < -0.39 is 0 Å². The summed E-state index contributed by atoms with van der Waals surface area (Å²) in [7, 11) is 0. The number of fused-ring (bicyclic) bond motifs is 4. The van der Waals surface area contributed by atoms with Crippen LogP contribution >= 0.6 is 0 Å². The lowest BCUT2D eigenvalue weighted by Gasteiger charge is -2.25. The fourth-order valence-corrected chi connectivity index (χ4v) is 5.37. The predicted molar refractivity (Wildman–Crippen MR) is 157 cm³/mol. The minimum atomic E-state index is 1.03. The molecular weight excluding hydrogens is 448 g/mol. The summed E-state index contributed by atoms with van der Waals surface area (Å²) in [4.78, 5) is 7.12. The van der Waals surface area contributed by atoms with Crippen LogP contribution in [0, 0.1) is 0 Å². The highest BCUT2D eigenvalue weighted by atomic mass is 15.1. The van der Waals surface area contributed by atoms with E-state index in [1.54, 1.807) is 0 Å².